The van der Waals surface area contributed by atoms with Gasteiger partial charge in [0.2, 0.25) is 0 Å². The number of likely N-dealkylation sites (tertiary alicyclic amines) is 1. The molecule has 1 aromatic heterocycles. The van der Waals surface area contributed by atoms with E-state index in [1.165, 1.54) is 30.7 Å². The summed E-state index contributed by atoms with van der Waals surface area (Å²) in [4.78, 5) is 2.38. The van der Waals surface area contributed by atoms with Crippen molar-refractivity contribution in [2.45, 2.75) is 25.8 Å². The number of halogens is 3. The largest absolute Gasteiger partial charge is 0.388 e. The van der Waals surface area contributed by atoms with E-state index in [2.05, 4.69) is 53.0 Å². The zero-order valence-electron chi connectivity index (χ0n) is 20.7. The maximum Gasteiger partial charge on any atom is 0.333 e. The number of alkyl halides is 2. The number of benzene rings is 2. The minimum absolute atomic E-state index is 0.156. The highest BCUT2D eigenvalue weighted by Gasteiger charge is 2.18. The van der Waals surface area contributed by atoms with Gasteiger partial charge in [0.15, 0.2) is 0 Å². The summed E-state index contributed by atoms with van der Waals surface area (Å²) in [6.45, 7) is 7.79. The van der Waals surface area contributed by atoms with Crippen molar-refractivity contribution < 1.29 is 13.2 Å². The smallest absolute Gasteiger partial charge is 0.333 e. The van der Waals surface area contributed by atoms with E-state index >= 15 is 0 Å². The monoisotopic (exact) mass is 495 g/mol. The molecule has 3 aromatic rings. The number of nitrogens with one attached hydrogen (secondary N) is 2. The van der Waals surface area contributed by atoms with Crippen molar-refractivity contribution in [3.8, 4) is 11.1 Å². The number of aromatic nitrogens is 2. The first-order chi connectivity index (χ1) is 17.2. The SMILES string of the molecule is C=C(Nc1ccc(CC2CCN(C)CC2)cc1)C(=C)c1cc(-c2cnn(C(F)F)c2)c(F)cc1NC. The van der Waals surface area contributed by atoms with E-state index in [1.54, 1.807) is 13.1 Å². The van der Waals surface area contributed by atoms with Crippen LogP contribution < -0.4 is 10.6 Å². The molecule has 0 amide bonds. The number of allylic oxidation sites excluding steroid dienone is 1. The normalized spacial score (nSPS) is 14.7. The van der Waals surface area contributed by atoms with Gasteiger partial charge in [-0.2, -0.15) is 13.9 Å². The zero-order chi connectivity index (χ0) is 25.8. The lowest BCUT2D eigenvalue weighted by molar-refractivity contribution is 0.0566. The molecule has 1 fully saturated rings. The molecule has 1 aliphatic rings. The van der Waals surface area contributed by atoms with E-state index in [9.17, 15) is 13.2 Å². The van der Waals surface area contributed by atoms with Gasteiger partial charge in [0.25, 0.3) is 0 Å². The third kappa shape index (κ3) is 5.82. The average molecular weight is 496 g/mol. The van der Waals surface area contributed by atoms with Gasteiger partial charge in [-0.1, -0.05) is 25.3 Å². The third-order valence-corrected chi connectivity index (χ3v) is 6.79. The van der Waals surface area contributed by atoms with E-state index in [4.69, 9.17) is 0 Å². The topological polar surface area (TPSA) is 45.1 Å². The van der Waals surface area contributed by atoms with Gasteiger partial charge in [-0.15, -0.1) is 0 Å². The lowest BCUT2D eigenvalue weighted by atomic mass is 9.90. The summed E-state index contributed by atoms with van der Waals surface area (Å²) in [7, 11) is 3.85. The Kier molecular flexibility index (Phi) is 7.84. The molecule has 2 aromatic carbocycles. The van der Waals surface area contributed by atoms with Crippen LogP contribution in [-0.2, 0) is 6.42 Å². The molecule has 0 saturated carbocycles. The molecule has 1 saturated heterocycles. The van der Waals surface area contributed by atoms with Crippen LogP contribution in [0.4, 0.5) is 24.5 Å². The van der Waals surface area contributed by atoms with Gasteiger partial charge >= 0.3 is 6.55 Å². The second-order valence-electron chi connectivity index (χ2n) is 9.34. The minimum atomic E-state index is -2.80. The van der Waals surface area contributed by atoms with Crippen LogP contribution in [0.2, 0.25) is 0 Å². The van der Waals surface area contributed by atoms with E-state index in [0.29, 0.717) is 27.2 Å². The zero-order valence-corrected chi connectivity index (χ0v) is 20.7. The molecule has 8 heteroatoms. The lowest BCUT2D eigenvalue weighted by Gasteiger charge is -2.29. The first kappa shape index (κ1) is 25.6. The van der Waals surface area contributed by atoms with Crippen molar-refractivity contribution in [1.29, 1.82) is 0 Å². The quantitative estimate of drug-likeness (QED) is 0.326. The molecule has 0 aliphatic carbocycles. The predicted octanol–water partition coefficient (Wildman–Crippen LogP) is 6.65. The highest BCUT2D eigenvalue weighted by atomic mass is 19.3. The first-order valence-electron chi connectivity index (χ1n) is 12.0. The maximum atomic E-state index is 14.8. The van der Waals surface area contributed by atoms with E-state index in [0.717, 1.165) is 37.3 Å². The van der Waals surface area contributed by atoms with Gasteiger partial charge in [-0.25, -0.2) is 9.07 Å². The molecular formula is C28H32F3N5. The molecule has 0 atom stereocenters. The van der Waals surface area contributed by atoms with Crippen molar-refractivity contribution in [2.75, 3.05) is 37.8 Å². The minimum Gasteiger partial charge on any atom is -0.388 e. The van der Waals surface area contributed by atoms with Crippen LogP contribution in [0.3, 0.4) is 0 Å². The standard InChI is InChI=1S/C28H32F3N5/c1-18(19(2)34-23-7-5-20(6-8-23)13-21-9-11-35(4)12-10-21)24-14-25(26(29)15-27(24)32-3)22-16-33-36(17-22)28(30)31/h5-8,14-17,21,28,32,34H,1-2,9-13H2,3-4H3. The van der Waals surface area contributed by atoms with Gasteiger partial charge in [-0.3, -0.25) is 0 Å². The molecule has 0 spiro atoms. The third-order valence-electron chi connectivity index (χ3n) is 6.79. The fourth-order valence-corrected chi connectivity index (χ4v) is 4.57. The predicted molar refractivity (Wildman–Crippen MR) is 141 cm³/mol. The number of rotatable bonds is 9. The summed E-state index contributed by atoms with van der Waals surface area (Å²) in [6, 6.07) is 11.2. The molecule has 2 N–H and O–H groups in total. The molecule has 190 valence electrons. The molecule has 4 rings (SSSR count). The Balaban J connectivity index is 1.48. The van der Waals surface area contributed by atoms with Crippen LogP contribution in [0.25, 0.3) is 16.7 Å². The number of hydrogen-bond donors (Lipinski definition) is 2. The Morgan fingerprint density at radius 2 is 1.83 bits per heavy atom. The van der Waals surface area contributed by atoms with Crippen LogP contribution in [0, 0.1) is 11.7 Å². The molecule has 5 nitrogen and oxygen atoms in total. The van der Waals surface area contributed by atoms with Crippen molar-refractivity contribution in [1.82, 2.24) is 14.7 Å². The Morgan fingerprint density at radius 1 is 1.14 bits per heavy atom. The maximum absolute atomic E-state index is 14.8. The lowest BCUT2D eigenvalue weighted by Crippen LogP contribution is -2.30. The molecule has 0 bridgehead atoms. The summed E-state index contributed by atoms with van der Waals surface area (Å²) in [6.07, 6.45) is 5.87. The number of hydrogen-bond acceptors (Lipinski definition) is 4. The molecule has 0 radical (unpaired) electrons. The van der Waals surface area contributed by atoms with E-state index < -0.39 is 12.4 Å². The van der Waals surface area contributed by atoms with E-state index in [-0.39, 0.29) is 11.1 Å². The van der Waals surface area contributed by atoms with Crippen LogP contribution in [-0.4, -0.2) is 41.9 Å². The average Bonchev–Trinajstić information content (AvgIpc) is 3.36. The second-order valence-corrected chi connectivity index (χ2v) is 9.34. The fraction of sp³-hybridized carbons (Fsp3) is 0.321. The van der Waals surface area contributed by atoms with Gasteiger partial charge in [-0.05, 0) is 80.7 Å². The Labute approximate surface area is 210 Å². The molecule has 0 unspecified atom stereocenters. The van der Waals surface area contributed by atoms with Crippen LogP contribution in [0.15, 0.2) is 67.6 Å². The first-order valence-corrected chi connectivity index (χ1v) is 12.0. The summed E-state index contributed by atoms with van der Waals surface area (Å²) in [5.41, 5.74) is 4.82. The summed E-state index contributed by atoms with van der Waals surface area (Å²) >= 11 is 0. The van der Waals surface area contributed by atoms with Crippen LogP contribution in [0.1, 0.15) is 30.5 Å². The second kappa shape index (κ2) is 11.0. The number of anilines is 2. The van der Waals surface area contributed by atoms with E-state index in [1.807, 2.05) is 12.1 Å². The van der Waals surface area contributed by atoms with Gasteiger partial charge < -0.3 is 15.5 Å². The highest BCUT2D eigenvalue weighted by Crippen LogP contribution is 2.35. The molecule has 36 heavy (non-hydrogen) atoms. The number of nitrogens with zero attached hydrogens (tertiary/aromatic N) is 3. The molecule has 1 aliphatic heterocycles. The van der Waals surface area contributed by atoms with Crippen LogP contribution >= 0.6 is 0 Å². The Morgan fingerprint density at radius 3 is 2.44 bits per heavy atom. The van der Waals surface area contributed by atoms with Crippen molar-refractivity contribution >= 4 is 16.9 Å². The highest BCUT2D eigenvalue weighted by molar-refractivity contribution is 5.88. The van der Waals surface area contributed by atoms with Crippen molar-refractivity contribution in [3.05, 3.63) is 84.6 Å². The summed E-state index contributed by atoms with van der Waals surface area (Å²) in [5, 5.41) is 9.87. The van der Waals surface area contributed by atoms with Gasteiger partial charge in [0, 0.05) is 47.0 Å². The Bertz CT molecular complexity index is 1220. The van der Waals surface area contributed by atoms with Crippen molar-refractivity contribution in [2.24, 2.45) is 5.92 Å². The molecule has 2 heterocycles. The fourth-order valence-electron chi connectivity index (χ4n) is 4.57. The van der Waals surface area contributed by atoms with Gasteiger partial charge in [0.05, 0.1) is 6.20 Å². The Hall–Kier alpha value is -3.52. The summed E-state index contributed by atoms with van der Waals surface area (Å²) in [5.74, 6) is 0.165. The van der Waals surface area contributed by atoms with Crippen LogP contribution in [0.5, 0.6) is 0 Å². The van der Waals surface area contributed by atoms with Gasteiger partial charge in [0.1, 0.15) is 5.82 Å². The van der Waals surface area contributed by atoms with Crippen molar-refractivity contribution in [3.63, 3.8) is 0 Å². The number of piperidine rings is 1. The molecular weight excluding hydrogens is 463 g/mol. The summed E-state index contributed by atoms with van der Waals surface area (Å²) < 4.78 is 41.2.